The molecule has 108 valence electrons. The Kier molecular flexibility index (Phi) is 4.34. The lowest BCUT2D eigenvalue weighted by molar-refractivity contribution is 0.320. The molecule has 0 spiro atoms. The quantitative estimate of drug-likeness (QED) is 0.872. The molecule has 1 heterocycles. The number of nitrogens with one attached hydrogen (secondary N) is 2. The molecule has 3 nitrogen and oxygen atoms in total. The van der Waals surface area contributed by atoms with Gasteiger partial charge in [0.05, 0.1) is 0 Å². The molecule has 0 amide bonds. The van der Waals surface area contributed by atoms with Gasteiger partial charge in [0.25, 0.3) is 0 Å². The number of H-pyrrole nitrogens is 1. The van der Waals surface area contributed by atoms with E-state index in [0.29, 0.717) is 18.0 Å². The normalized spacial score (nSPS) is 24.9. The van der Waals surface area contributed by atoms with Gasteiger partial charge in [-0.15, -0.1) is 0 Å². The minimum Gasteiger partial charge on any atom is -0.345 e. The second-order valence-corrected chi connectivity index (χ2v) is 7.30. The lowest BCUT2D eigenvalue weighted by atomic mass is 9.85. The summed E-state index contributed by atoms with van der Waals surface area (Å²) in [5.41, 5.74) is 1.42. The molecule has 0 unspecified atom stereocenters. The Morgan fingerprint density at radius 1 is 1.21 bits per heavy atom. The summed E-state index contributed by atoms with van der Waals surface area (Å²) in [4.78, 5) is 8.16. The maximum Gasteiger partial charge on any atom is 0.109 e. The SMILES string of the molecule is CC(C)NC1CCC(c2ncc(C(C)(C)C)[nH]2)CC1. The average molecular weight is 263 g/mol. The minimum atomic E-state index is 0.168. The van der Waals surface area contributed by atoms with Crippen LogP contribution < -0.4 is 5.32 Å². The minimum absolute atomic E-state index is 0.168. The first-order valence-electron chi connectivity index (χ1n) is 7.67. The maximum absolute atomic E-state index is 4.62. The van der Waals surface area contributed by atoms with Gasteiger partial charge in [0.15, 0.2) is 0 Å². The molecule has 19 heavy (non-hydrogen) atoms. The van der Waals surface area contributed by atoms with Crippen molar-refractivity contribution in [3.63, 3.8) is 0 Å². The van der Waals surface area contributed by atoms with Gasteiger partial charge in [0.1, 0.15) is 5.82 Å². The van der Waals surface area contributed by atoms with Crippen LogP contribution in [0.2, 0.25) is 0 Å². The third kappa shape index (κ3) is 3.82. The number of aromatic amines is 1. The summed E-state index contributed by atoms with van der Waals surface area (Å²) in [5, 5.41) is 3.65. The second-order valence-electron chi connectivity index (χ2n) is 7.30. The molecule has 0 aliphatic heterocycles. The number of hydrogen-bond donors (Lipinski definition) is 2. The van der Waals surface area contributed by atoms with Crippen molar-refractivity contribution < 1.29 is 0 Å². The lowest BCUT2D eigenvalue weighted by Crippen LogP contribution is -2.37. The number of hydrogen-bond acceptors (Lipinski definition) is 2. The van der Waals surface area contributed by atoms with E-state index in [4.69, 9.17) is 0 Å². The highest BCUT2D eigenvalue weighted by molar-refractivity contribution is 5.14. The van der Waals surface area contributed by atoms with E-state index in [2.05, 4.69) is 49.9 Å². The van der Waals surface area contributed by atoms with E-state index in [1.807, 2.05) is 6.20 Å². The van der Waals surface area contributed by atoms with Crippen LogP contribution in [0.15, 0.2) is 6.20 Å². The molecule has 3 heteroatoms. The van der Waals surface area contributed by atoms with Crippen LogP contribution in [0.3, 0.4) is 0 Å². The van der Waals surface area contributed by atoms with E-state index < -0.39 is 0 Å². The van der Waals surface area contributed by atoms with Gasteiger partial charge in [-0.05, 0) is 25.7 Å². The molecule has 1 fully saturated rings. The molecule has 1 saturated carbocycles. The van der Waals surface area contributed by atoms with Crippen molar-refractivity contribution in [1.29, 1.82) is 0 Å². The predicted octanol–water partition coefficient (Wildman–Crippen LogP) is 3.73. The van der Waals surface area contributed by atoms with E-state index in [1.54, 1.807) is 0 Å². The van der Waals surface area contributed by atoms with Crippen molar-refractivity contribution >= 4 is 0 Å². The highest BCUT2D eigenvalue weighted by Crippen LogP contribution is 2.32. The van der Waals surface area contributed by atoms with Gasteiger partial charge in [-0.1, -0.05) is 34.6 Å². The Morgan fingerprint density at radius 2 is 1.84 bits per heavy atom. The smallest absolute Gasteiger partial charge is 0.109 e. The molecule has 1 aliphatic carbocycles. The Morgan fingerprint density at radius 3 is 2.32 bits per heavy atom. The highest BCUT2D eigenvalue weighted by atomic mass is 15.0. The summed E-state index contributed by atoms with van der Waals surface area (Å²) in [6, 6.07) is 1.30. The van der Waals surface area contributed by atoms with E-state index in [9.17, 15) is 0 Å². The molecule has 0 atom stereocenters. The Bertz CT molecular complexity index is 392. The van der Waals surface area contributed by atoms with Gasteiger partial charge in [-0.3, -0.25) is 0 Å². The monoisotopic (exact) mass is 263 g/mol. The van der Waals surface area contributed by atoms with Gasteiger partial charge >= 0.3 is 0 Å². The van der Waals surface area contributed by atoms with Crippen molar-refractivity contribution in [2.45, 2.75) is 83.7 Å². The largest absolute Gasteiger partial charge is 0.345 e. The molecule has 2 N–H and O–H groups in total. The van der Waals surface area contributed by atoms with E-state index in [0.717, 1.165) is 0 Å². The molecule has 0 bridgehead atoms. The Labute approximate surface area is 117 Å². The third-order valence-corrected chi connectivity index (χ3v) is 4.09. The standard InChI is InChI=1S/C16H29N3/c1-11(2)18-13-8-6-12(7-9-13)15-17-10-14(19-15)16(3,4)5/h10-13,18H,6-9H2,1-5H3,(H,17,19). The van der Waals surface area contributed by atoms with Crippen LogP contribution in [0.5, 0.6) is 0 Å². The molecular formula is C16H29N3. The lowest BCUT2D eigenvalue weighted by Gasteiger charge is -2.29. The second kappa shape index (κ2) is 5.66. The predicted molar refractivity (Wildman–Crippen MR) is 80.6 cm³/mol. The fourth-order valence-electron chi connectivity index (χ4n) is 2.93. The molecule has 1 aromatic heterocycles. The molecular weight excluding hydrogens is 234 g/mol. The van der Waals surface area contributed by atoms with E-state index >= 15 is 0 Å². The molecule has 1 aliphatic rings. The first-order chi connectivity index (χ1) is 8.86. The van der Waals surface area contributed by atoms with Crippen LogP contribution in [0, 0.1) is 0 Å². The number of imidazole rings is 1. The summed E-state index contributed by atoms with van der Waals surface area (Å²) >= 11 is 0. The zero-order valence-corrected chi connectivity index (χ0v) is 13.1. The van der Waals surface area contributed by atoms with Gasteiger partial charge in [-0.25, -0.2) is 4.98 Å². The summed E-state index contributed by atoms with van der Waals surface area (Å²) in [5.74, 6) is 1.83. The van der Waals surface area contributed by atoms with E-state index in [-0.39, 0.29) is 5.41 Å². The Balaban J connectivity index is 1.93. The van der Waals surface area contributed by atoms with Gasteiger partial charge < -0.3 is 10.3 Å². The van der Waals surface area contributed by atoms with Crippen molar-refractivity contribution in [2.24, 2.45) is 0 Å². The summed E-state index contributed by atoms with van der Waals surface area (Å²) in [6.07, 6.45) is 7.07. The molecule has 0 aromatic carbocycles. The number of aromatic nitrogens is 2. The zero-order valence-electron chi connectivity index (χ0n) is 13.1. The number of rotatable bonds is 3. The molecule has 1 aromatic rings. The first kappa shape index (κ1) is 14.6. The topological polar surface area (TPSA) is 40.7 Å². The van der Waals surface area contributed by atoms with Gasteiger partial charge in [-0.2, -0.15) is 0 Å². The van der Waals surface area contributed by atoms with Crippen LogP contribution in [0.1, 0.15) is 77.7 Å². The van der Waals surface area contributed by atoms with Crippen LogP contribution in [-0.2, 0) is 5.41 Å². The van der Waals surface area contributed by atoms with Crippen LogP contribution in [0.4, 0.5) is 0 Å². The fourth-order valence-corrected chi connectivity index (χ4v) is 2.93. The van der Waals surface area contributed by atoms with Crippen molar-refractivity contribution in [3.05, 3.63) is 17.7 Å². The first-order valence-corrected chi connectivity index (χ1v) is 7.67. The maximum atomic E-state index is 4.62. The molecule has 0 saturated heterocycles. The summed E-state index contributed by atoms with van der Waals surface area (Å²) < 4.78 is 0. The van der Waals surface area contributed by atoms with Crippen molar-refractivity contribution in [1.82, 2.24) is 15.3 Å². The van der Waals surface area contributed by atoms with Crippen molar-refractivity contribution in [3.8, 4) is 0 Å². The highest BCUT2D eigenvalue weighted by Gasteiger charge is 2.25. The van der Waals surface area contributed by atoms with Gasteiger partial charge in [0.2, 0.25) is 0 Å². The summed E-state index contributed by atoms with van der Waals surface area (Å²) in [7, 11) is 0. The van der Waals surface area contributed by atoms with Crippen LogP contribution in [0.25, 0.3) is 0 Å². The zero-order chi connectivity index (χ0) is 14.0. The molecule has 0 radical (unpaired) electrons. The average Bonchev–Trinajstić information content (AvgIpc) is 2.78. The third-order valence-electron chi connectivity index (χ3n) is 4.09. The van der Waals surface area contributed by atoms with Crippen LogP contribution in [-0.4, -0.2) is 22.1 Å². The number of nitrogens with zero attached hydrogens (tertiary/aromatic N) is 1. The van der Waals surface area contributed by atoms with Crippen molar-refractivity contribution in [2.75, 3.05) is 0 Å². The van der Waals surface area contributed by atoms with E-state index in [1.165, 1.54) is 37.2 Å². The Hall–Kier alpha value is -0.830. The van der Waals surface area contributed by atoms with Crippen LogP contribution >= 0.6 is 0 Å². The fraction of sp³-hybridized carbons (Fsp3) is 0.812. The van der Waals surface area contributed by atoms with Gasteiger partial charge in [0, 0.05) is 35.3 Å². The summed E-state index contributed by atoms with van der Waals surface area (Å²) in [6.45, 7) is 11.2. The molecule has 2 rings (SSSR count).